The first-order valence-electron chi connectivity index (χ1n) is 12.0. The highest BCUT2D eigenvalue weighted by Gasteiger charge is 2.28. The summed E-state index contributed by atoms with van der Waals surface area (Å²) in [5.41, 5.74) is 9.62. The normalized spacial score (nSPS) is 14.5. The summed E-state index contributed by atoms with van der Waals surface area (Å²) in [6.45, 7) is 4.75. The SMILES string of the molecule is CCC(C(=O)N1CCN(c2ccc(N)cc2C(=O)NCc2ccc(F)cc2)CC1)c1ccccc1. The maximum Gasteiger partial charge on any atom is 0.253 e. The van der Waals surface area contributed by atoms with E-state index in [1.807, 2.05) is 48.2 Å². The van der Waals surface area contributed by atoms with Gasteiger partial charge in [-0.15, -0.1) is 0 Å². The highest BCUT2D eigenvalue weighted by Crippen LogP contribution is 2.27. The minimum absolute atomic E-state index is 0.146. The minimum Gasteiger partial charge on any atom is -0.399 e. The minimum atomic E-state index is -0.315. The predicted molar refractivity (Wildman–Crippen MR) is 137 cm³/mol. The zero-order valence-corrected chi connectivity index (χ0v) is 19.9. The standard InChI is InChI=1S/C28H31FN4O2/c1-2-24(21-6-4-3-5-7-21)28(35)33-16-14-32(15-17-33)26-13-12-23(30)18-25(26)27(34)31-19-20-8-10-22(29)11-9-20/h3-13,18,24H,2,14-17,19,30H2,1H3,(H,31,34). The number of halogens is 1. The van der Waals surface area contributed by atoms with Gasteiger partial charge in [0.25, 0.3) is 5.91 Å². The van der Waals surface area contributed by atoms with E-state index in [2.05, 4.69) is 10.2 Å². The molecule has 0 aromatic heterocycles. The summed E-state index contributed by atoms with van der Waals surface area (Å²) in [5, 5.41) is 2.90. The average Bonchev–Trinajstić information content (AvgIpc) is 2.89. The third-order valence-corrected chi connectivity index (χ3v) is 6.47. The number of carbonyl (C=O) groups excluding carboxylic acids is 2. The van der Waals surface area contributed by atoms with Gasteiger partial charge in [-0.1, -0.05) is 49.4 Å². The molecule has 0 bridgehead atoms. The maximum atomic E-state index is 13.2. The van der Waals surface area contributed by atoms with Gasteiger partial charge in [0, 0.05) is 44.1 Å². The monoisotopic (exact) mass is 474 g/mol. The van der Waals surface area contributed by atoms with Gasteiger partial charge in [-0.25, -0.2) is 4.39 Å². The largest absolute Gasteiger partial charge is 0.399 e. The Bertz CT molecular complexity index is 1160. The lowest BCUT2D eigenvalue weighted by Crippen LogP contribution is -2.50. The molecule has 1 unspecified atom stereocenters. The summed E-state index contributed by atoms with van der Waals surface area (Å²) in [5.74, 6) is -0.560. The lowest BCUT2D eigenvalue weighted by molar-refractivity contribution is -0.133. The van der Waals surface area contributed by atoms with Gasteiger partial charge >= 0.3 is 0 Å². The molecule has 2 amide bonds. The van der Waals surface area contributed by atoms with E-state index in [-0.39, 0.29) is 30.1 Å². The van der Waals surface area contributed by atoms with E-state index in [0.29, 0.717) is 37.4 Å². The molecule has 1 saturated heterocycles. The molecule has 3 aromatic rings. The lowest BCUT2D eigenvalue weighted by atomic mass is 9.94. The Labute approximate surface area is 205 Å². The number of anilines is 2. The molecule has 7 heteroatoms. The van der Waals surface area contributed by atoms with Gasteiger partial charge in [0.1, 0.15) is 5.82 Å². The number of carbonyl (C=O) groups is 2. The number of rotatable bonds is 7. The number of nitrogen functional groups attached to an aromatic ring is 1. The smallest absolute Gasteiger partial charge is 0.253 e. The Morgan fingerprint density at radius 2 is 1.66 bits per heavy atom. The molecule has 0 aliphatic carbocycles. The second kappa shape index (κ2) is 11.0. The summed E-state index contributed by atoms with van der Waals surface area (Å²) >= 11 is 0. The van der Waals surface area contributed by atoms with Crippen LogP contribution in [0, 0.1) is 5.82 Å². The van der Waals surface area contributed by atoms with Crippen LogP contribution in [0.5, 0.6) is 0 Å². The molecule has 0 spiro atoms. The molecule has 1 fully saturated rings. The fraction of sp³-hybridized carbons (Fsp3) is 0.286. The van der Waals surface area contributed by atoms with E-state index in [1.165, 1.54) is 12.1 Å². The number of hydrogen-bond donors (Lipinski definition) is 2. The van der Waals surface area contributed by atoms with Crippen LogP contribution >= 0.6 is 0 Å². The third-order valence-electron chi connectivity index (χ3n) is 6.47. The Morgan fingerprint density at radius 1 is 0.971 bits per heavy atom. The van der Waals surface area contributed by atoms with E-state index >= 15 is 0 Å². The molecule has 182 valence electrons. The molecule has 1 aliphatic rings. The van der Waals surface area contributed by atoms with Crippen LogP contribution in [0.2, 0.25) is 0 Å². The summed E-state index contributed by atoms with van der Waals surface area (Å²) in [4.78, 5) is 30.3. The lowest BCUT2D eigenvalue weighted by Gasteiger charge is -2.38. The first-order valence-corrected chi connectivity index (χ1v) is 12.0. The molecule has 35 heavy (non-hydrogen) atoms. The second-order valence-corrected chi connectivity index (χ2v) is 8.77. The van der Waals surface area contributed by atoms with Crippen LogP contribution in [-0.4, -0.2) is 42.9 Å². The second-order valence-electron chi connectivity index (χ2n) is 8.77. The molecular formula is C28H31FN4O2. The van der Waals surface area contributed by atoms with Crippen molar-refractivity contribution in [2.24, 2.45) is 0 Å². The summed E-state index contributed by atoms with van der Waals surface area (Å²) in [6, 6.07) is 21.3. The van der Waals surface area contributed by atoms with Crippen molar-refractivity contribution >= 4 is 23.2 Å². The molecule has 0 radical (unpaired) electrons. The van der Waals surface area contributed by atoms with E-state index in [1.54, 1.807) is 24.3 Å². The summed E-state index contributed by atoms with van der Waals surface area (Å²) in [7, 11) is 0. The van der Waals surface area contributed by atoms with Crippen molar-refractivity contribution in [1.29, 1.82) is 0 Å². The van der Waals surface area contributed by atoms with Crippen molar-refractivity contribution in [3.63, 3.8) is 0 Å². The summed E-state index contributed by atoms with van der Waals surface area (Å²) in [6.07, 6.45) is 0.749. The number of hydrogen-bond acceptors (Lipinski definition) is 4. The van der Waals surface area contributed by atoms with Crippen LogP contribution < -0.4 is 16.0 Å². The number of nitrogens with one attached hydrogen (secondary N) is 1. The van der Waals surface area contributed by atoms with Crippen molar-refractivity contribution in [1.82, 2.24) is 10.2 Å². The highest BCUT2D eigenvalue weighted by molar-refractivity contribution is 6.00. The van der Waals surface area contributed by atoms with Crippen LogP contribution in [0.3, 0.4) is 0 Å². The van der Waals surface area contributed by atoms with Crippen molar-refractivity contribution in [2.75, 3.05) is 36.8 Å². The van der Waals surface area contributed by atoms with Crippen molar-refractivity contribution in [3.8, 4) is 0 Å². The third kappa shape index (κ3) is 5.80. The first kappa shape index (κ1) is 24.3. The van der Waals surface area contributed by atoms with Gasteiger partial charge in [-0.05, 0) is 47.9 Å². The molecular weight excluding hydrogens is 443 g/mol. The Balaban J connectivity index is 1.42. The quantitative estimate of drug-likeness (QED) is 0.504. The Kier molecular flexibility index (Phi) is 7.65. The van der Waals surface area contributed by atoms with Crippen molar-refractivity contribution in [3.05, 3.63) is 95.3 Å². The molecule has 1 heterocycles. The fourth-order valence-electron chi connectivity index (χ4n) is 4.52. The molecule has 0 saturated carbocycles. The number of amides is 2. The summed E-state index contributed by atoms with van der Waals surface area (Å²) < 4.78 is 13.2. The zero-order chi connectivity index (χ0) is 24.8. The highest BCUT2D eigenvalue weighted by atomic mass is 19.1. The van der Waals surface area contributed by atoms with Crippen molar-refractivity contribution in [2.45, 2.75) is 25.8 Å². The van der Waals surface area contributed by atoms with Gasteiger partial charge in [-0.3, -0.25) is 9.59 Å². The molecule has 1 aliphatic heterocycles. The topological polar surface area (TPSA) is 78.7 Å². The van der Waals surface area contributed by atoms with Crippen LogP contribution in [0.1, 0.15) is 40.7 Å². The van der Waals surface area contributed by atoms with E-state index in [9.17, 15) is 14.0 Å². The van der Waals surface area contributed by atoms with Crippen LogP contribution in [0.25, 0.3) is 0 Å². The van der Waals surface area contributed by atoms with E-state index < -0.39 is 0 Å². The Morgan fingerprint density at radius 3 is 2.31 bits per heavy atom. The molecule has 3 aromatic carbocycles. The maximum absolute atomic E-state index is 13.2. The number of nitrogens with two attached hydrogens (primary N) is 1. The number of piperazine rings is 1. The van der Waals surface area contributed by atoms with Gasteiger partial charge < -0.3 is 20.9 Å². The molecule has 3 N–H and O–H groups in total. The number of benzene rings is 3. The van der Waals surface area contributed by atoms with E-state index in [0.717, 1.165) is 23.2 Å². The van der Waals surface area contributed by atoms with E-state index in [4.69, 9.17) is 5.73 Å². The zero-order valence-electron chi connectivity index (χ0n) is 19.9. The van der Waals surface area contributed by atoms with Crippen LogP contribution in [0.15, 0.2) is 72.8 Å². The first-order chi connectivity index (χ1) is 17.0. The van der Waals surface area contributed by atoms with Crippen LogP contribution in [-0.2, 0) is 11.3 Å². The van der Waals surface area contributed by atoms with Gasteiger partial charge in [-0.2, -0.15) is 0 Å². The molecule has 1 atom stereocenters. The average molecular weight is 475 g/mol. The van der Waals surface area contributed by atoms with Gasteiger partial charge in [0.15, 0.2) is 0 Å². The van der Waals surface area contributed by atoms with Crippen LogP contribution in [0.4, 0.5) is 15.8 Å². The van der Waals surface area contributed by atoms with Gasteiger partial charge in [0.2, 0.25) is 5.91 Å². The molecule has 4 rings (SSSR count). The Hall–Kier alpha value is -3.87. The molecule has 6 nitrogen and oxygen atoms in total. The van der Waals surface area contributed by atoms with Crippen molar-refractivity contribution < 1.29 is 14.0 Å². The fourth-order valence-corrected chi connectivity index (χ4v) is 4.52. The number of nitrogens with zero attached hydrogens (tertiary/aromatic N) is 2. The van der Waals surface area contributed by atoms with Gasteiger partial charge in [0.05, 0.1) is 11.5 Å². The predicted octanol–water partition coefficient (Wildman–Crippen LogP) is 4.18.